The van der Waals surface area contributed by atoms with Gasteiger partial charge < -0.3 is 39.8 Å². The van der Waals surface area contributed by atoms with Crippen LogP contribution in [0, 0.1) is 0 Å². The molecule has 4 aromatic carbocycles. The smallest absolute Gasteiger partial charge is 0.410 e. The highest BCUT2D eigenvalue weighted by atomic mass is 32.2. The fourth-order valence-corrected chi connectivity index (χ4v) is 8.84. The number of ether oxygens (including phenoxy) is 4. The number of amides is 4. The van der Waals surface area contributed by atoms with E-state index in [4.69, 9.17) is 18.9 Å². The average molecular weight is 877 g/mol. The SMILES string of the molecule is CCOC(=O)c1c(NC(=O)C(Sc2cccc(NC(=O)/C(=C\c3ccc(OC)c(OC)c3)NC(=O)c3ccccc3)c2)c2ccccc2)sc2c1CCN(C(=O)OC(C)(C)C)C2. The second-order valence-corrected chi connectivity index (χ2v) is 17.2. The lowest BCUT2D eigenvalue weighted by molar-refractivity contribution is -0.116. The van der Waals surface area contributed by atoms with Gasteiger partial charge >= 0.3 is 12.1 Å². The Morgan fingerprint density at radius 2 is 1.56 bits per heavy atom. The van der Waals surface area contributed by atoms with Gasteiger partial charge in [-0.2, -0.15) is 0 Å². The molecule has 322 valence electrons. The van der Waals surface area contributed by atoms with E-state index in [9.17, 15) is 24.0 Å². The van der Waals surface area contributed by atoms with Crippen LogP contribution < -0.4 is 25.4 Å². The minimum atomic E-state index is -0.805. The molecule has 1 unspecified atom stereocenters. The molecule has 3 N–H and O–H groups in total. The van der Waals surface area contributed by atoms with Gasteiger partial charge in [0, 0.05) is 27.6 Å². The van der Waals surface area contributed by atoms with Crippen LogP contribution in [-0.2, 0) is 32.0 Å². The van der Waals surface area contributed by atoms with Crippen molar-refractivity contribution < 1.29 is 42.9 Å². The molecule has 1 aromatic heterocycles. The number of esters is 1. The van der Waals surface area contributed by atoms with Crippen molar-refractivity contribution in [3.8, 4) is 11.5 Å². The van der Waals surface area contributed by atoms with Crippen LogP contribution in [0.4, 0.5) is 15.5 Å². The van der Waals surface area contributed by atoms with Gasteiger partial charge in [0.2, 0.25) is 5.91 Å². The third kappa shape index (κ3) is 11.4. The van der Waals surface area contributed by atoms with Crippen molar-refractivity contribution in [1.82, 2.24) is 10.2 Å². The summed E-state index contributed by atoms with van der Waals surface area (Å²) in [6.45, 7) is 7.82. The van der Waals surface area contributed by atoms with Gasteiger partial charge in [-0.1, -0.05) is 60.7 Å². The van der Waals surface area contributed by atoms with Crippen molar-refractivity contribution >= 4 is 69.6 Å². The molecule has 15 heteroatoms. The van der Waals surface area contributed by atoms with E-state index in [0.717, 1.165) is 10.4 Å². The summed E-state index contributed by atoms with van der Waals surface area (Å²) in [5, 5.41) is 8.21. The molecular formula is C47H48N4O9S2. The molecule has 0 bridgehead atoms. The van der Waals surface area contributed by atoms with Gasteiger partial charge in [-0.3, -0.25) is 14.4 Å². The molecule has 2 heterocycles. The zero-order valence-electron chi connectivity index (χ0n) is 35.2. The predicted octanol–water partition coefficient (Wildman–Crippen LogP) is 9.12. The number of hydrogen-bond donors (Lipinski definition) is 3. The van der Waals surface area contributed by atoms with Gasteiger partial charge in [-0.25, -0.2) is 9.59 Å². The molecule has 1 aliphatic heterocycles. The number of thioether (sulfide) groups is 1. The van der Waals surface area contributed by atoms with Gasteiger partial charge in [0.25, 0.3) is 11.8 Å². The van der Waals surface area contributed by atoms with Gasteiger partial charge in [0.15, 0.2) is 11.5 Å². The van der Waals surface area contributed by atoms with E-state index >= 15 is 0 Å². The van der Waals surface area contributed by atoms with E-state index in [2.05, 4.69) is 16.0 Å². The zero-order chi connectivity index (χ0) is 44.4. The maximum absolute atomic E-state index is 14.4. The third-order valence-corrected chi connectivity index (χ3v) is 11.7. The first-order valence-electron chi connectivity index (χ1n) is 19.8. The first-order valence-corrected chi connectivity index (χ1v) is 21.5. The number of carbonyl (C=O) groups excluding carboxylic acids is 5. The zero-order valence-corrected chi connectivity index (χ0v) is 36.9. The Kier molecular flexibility index (Phi) is 14.7. The lowest BCUT2D eigenvalue weighted by Gasteiger charge is -2.30. The molecule has 0 saturated heterocycles. The number of nitrogens with zero attached hydrogens (tertiary/aromatic N) is 1. The van der Waals surface area contributed by atoms with Crippen LogP contribution in [0.15, 0.2) is 114 Å². The Hall–Kier alpha value is -6.58. The number of nitrogens with one attached hydrogen (secondary N) is 3. The third-order valence-electron chi connectivity index (χ3n) is 9.36. The average Bonchev–Trinajstić information content (AvgIpc) is 3.62. The normalized spacial score (nSPS) is 12.9. The second-order valence-electron chi connectivity index (χ2n) is 15.0. The molecule has 4 amide bonds. The highest BCUT2D eigenvalue weighted by Gasteiger charge is 2.34. The molecule has 0 saturated carbocycles. The quantitative estimate of drug-likeness (QED) is 0.0558. The van der Waals surface area contributed by atoms with E-state index < -0.39 is 40.6 Å². The summed E-state index contributed by atoms with van der Waals surface area (Å²) in [7, 11) is 3.03. The standard InChI is InChI=1S/C47H48N4O9S2/c1-7-59-45(55)39-34-23-24-51(46(56)60-47(2,3)4)28-38(34)62-44(39)50-43(54)40(30-15-10-8-11-16-30)61-33-20-14-19-32(27-33)48-42(53)35(49-41(52)31-17-12-9-13-18-31)25-29-21-22-36(57-5)37(26-29)58-6/h8-22,25-27,40H,7,23-24,28H2,1-6H3,(H,48,53)(H,49,52)(H,50,54)/b35-25+. The number of fused-ring (bicyclic) bond motifs is 1. The summed E-state index contributed by atoms with van der Waals surface area (Å²) in [4.78, 5) is 71.1. The van der Waals surface area contributed by atoms with E-state index in [0.29, 0.717) is 56.7 Å². The Labute approximate surface area is 368 Å². The van der Waals surface area contributed by atoms with Crippen LogP contribution in [0.1, 0.15) is 75.2 Å². The maximum atomic E-state index is 14.4. The summed E-state index contributed by atoms with van der Waals surface area (Å²) in [6, 6.07) is 29.9. The Bertz CT molecular complexity index is 2460. The van der Waals surface area contributed by atoms with Gasteiger partial charge in [0.05, 0.1) is 32.9 Å². The van der Waals surface area contributed by atoms with E-state index in [1.165, 1.54) is 43.4 Å². The second kappa shape index (κ2) is 20.3. The molecule has 0 radical (unpaired) electrons. The largest absolute Gasteiger partial charge is 0.493 e. The first-order chi connectivity index (χ1) is 29.8. The van der Waals surface area contributed by atoms with E-state index in [1.807, 2.05) is 36.4 Å². The van der Waals surface area contributed by atoms with Crippen molar-refractivity contribution in [1.29, 1.82) is 0 Å². The highest BCUT2D eigenvalue weighted by molar-refractivity contribution is 8.00. The van der Waals surface area contributed by atoms with Crippen molar-refractivity contribution in [2.24, 2.45) is 0 Å². The van der Waals surface area contributed by atoms with Gasteiger partial charge in [-0.05, 0) is 99.3 Å². The number of benzene rings is 4. The van der Waals surface area contributed by atoms with Crippen LogP contribution in [-0.4, -0.2) is 67.7 Å². The summed E-state index contributed by atoms with van der Waals surface area (Å²) < 4.78 is 21.9. The number of thiophene rings is 1. The first kappa shape index (κ1) is 45.0. The molecule has 0 aliphatic carbocycles. The molecule has 0 fully saturated rings. The maximum Gasteiger partial charge on any atom is 0.410 e. The number of anilines is 2. The van der Waals surface area contributed by atoms with E-state index in [-0.39, 0.29) is 24.4 Å². The topological polar surface area (TPSA) is 162 Å². The Morgan fingerprint density at radius 3 is 2.24 bits per heavy atom. The van der Waals surface area contributed by atoms with E-state index in [1.54, 1.807) is 99.3 Å². The molecule has 62 heavy (non-hydrogen) atoms. The van der Waals surface area contributed by atoms with Crippen molar-refractivity contribution in [3.05, 3.63) is 142 Å². The lowest BCUT2D eigenvalue weighted by Crippen LogP contribution is -2.39. The molecule has 1 atom stereocenters. The molecule has 6 rings (SSSR count). The van der Waals surface area contributed by atoms with Crippen molar-refractivity contribution in [2.75, 3.05) is 38.0 Å². The van der Waals surface area contributed by atoms with Gasteiger partial charge in [-0.15, -0.1) is 23.1 Å². The fourth-order valence-electron chi connectivity index (χ4n) is 6.50. The van der Waals surface area contributed by atoms with Gasteiger partial charge in [0.1, 0.15) is 21.5 Å². The number of methoxy groups -OCH3 is 2. The molecular weight excluding hydrogens is 829 g/mol. The highest BCUT2D eigenvalue weighted by Crippen LogP contribution is 2.41. The summed E-state index contributed by atoms with van der Waals surface area (Å²) >= 11 is 2.49. The van der Waals surface area contributed by atoms with Crippen molar-refractivity contribution in [2.45, 2.75) is 56.4 Å². The molecule has 5 aromatic rings. The summed E-state index contributed by atoms with van der Waals surface area (Å²) in [5.74, 6) is -1.09. The summed E-state index contributed by atoms with van der Waals surface area (Å²) in [6.07, 6.45) is 1.46. The van der Waals surface area contributed by atoms with Crippen LogP contribution in [0.5, 0.6) is 11.5 Å². The predicted molar refractivity (Wildman–Crippen MR) is 241 cm³/mol. The Balaban J connectivity index is 1.26. The molecule has 13 nitrogen and oxygen atoms in total. The Morgan fingerprint density at radius 1 is 0.855 bits per heavy atom. The van der Waals surface area contributed by atoms with Crippen LogP contribution in [0.3, 0.4) is 0 Å². The van der Waals surface area contributed by atoms with Crippen LogP contribution >= 0.6 is 23.1 Å². The van der Waals surface area contributed by atoms with Crippen LogP contribution in [0.25, 0.3) is 6.08 Å². The van der Waals surface area contributed by atoms with Crippen LogP contribution in [0.2, 0.25) is 0 Å². The fraction of sp³-hybridized carbons (Fsp3) is 0.255. The lowest BCUT2D eigenvalue weighted by atomic mass is 10.0. The number of rotatable bonds is 14. The molecule has 0 spiro atoms. The molecule has 1 aliphatic rings. The minimum Gasteiger partial charge on any atom is -0.493 e. The summed E-state index contributed by atoms with van der Waals surface area (Å²) in [5.41, 5.74) is 2.34. The minimum absolute atomic E-state index is 0.0315. The number of carbonyl (C=O) groups is 5. The van der Waals surface area contributed by atoms with Crippen molar-refractivity contribution in [3.63, 3.8) is 0 Å². The number of hydrogen-bond acceptors (Lipinski definition) is 11. The monoisotopic (exact) mass is 876 g/mol.